The molecule has 0 saturated carbocycles. The van der Waals surface area contributed by atoms with Crippen LogP contribution in [0.5, 0.6) is 11.5 Å². The van der Waals surface area contributed by atoms with Gasteiger partial charge in [-0.1, -0.05) is 36.4 Å². The Morgan fingerprint density at radius 1 is 1.09 bits per heavy atom. The molecule has 3 rings (SSSR count). The Labute approximate surface area is 136 Å². The fraction of sp³-hybridized carbons (Fsp3) is 0.316. The summed E-state index contributed by atoms with van der Waals surface area (Å²) in [5, 5.41) is 3.04. The summed E-state index contributed by atoms with van der Waals surface area (Å²) in [5.41, 5.74) is 1.82. The van der Waals surface area contributed by atoms with Gasteiger partial charge in [0.15, 0.2) is 11.5 Å². The van der Waals surface area contributed by atoms with Gasteiger partial charge in [-0.3, -0.25) is 4.79 Å². The summed E-state index contributed by atoms with van der Waals surface area (Å²) in [5.74, 6) is 1.07. The van der Waals surface area contributed by atoms with Crippen LogP contribution in [-0.4, -0.2) is 25.2 Å². The summed E-state index contributed by atoms with van der Waals surface area (Å²) in [6.45, 7) is 3.01. The molecule has 4 nitrogen and oxygen atoms in total. The molecular formula is C19H21NO3. The van der Waals surface area contributed by atoms with Crippen LogP contribution in [0.25, 0.3) is 0 Å². The van der Waals surface area contributed by atoms with E-state index in [4.69, 9.17) is 9.47 Å². The second kappa shape index (κ2) is 7.18. The number of hydrogen-bond acceptors (Lipinski definition) is 3. The highest BCUT2D eigenvalue weighted by atomic mass is 16.6. The Kier molecular flexibility index (Phi) is 4.81. The Hall–Kier alpha value is -2.49. The van der Waals surface area contributed by atoms with Crippen molar-refractivity contribution in [2.24, 2.45) is 0 Å². The van der Waals surface area contributed by atoms with Crippen LogP contribution < -0.4 is 14.8 Å². The molecule has 1 aliphatic heterocycles. The Morgan fingerprint density at radius 2 is 1.87 bits per heavy atom. The average Bonchev–Trinajstić information content (AvgIpc) is 2.60. The van der Waals surface area contributed by atoms with Gasteiger partial charge in [-0.05, 0) is 37.5 Å². The largest absolute Gasteiger partial charge is 0.486 e. The van der Waals surface area contributed by atoms with Gasteiger partial charge in [0.2, 0.25) is 0 Å². The van der Waals surface area contributed by atoms with Gasteiger partial charge in [-0.15, -0.1) is 0 Å². The topological polar surface area (TPSA) is 47.6 Å². The lowest BCUT2D eigenvalue weighted by Gasteiger charge is -2.21. The number of fused-ring (bicyclic) bond motifs is 1. The quantitative estimate of drug-likeness (QED) is 0.922. The maximum Gasteiger partial charge on any atom is 0.255 e. The van der Waals surface area contributed by atoms with Gasteiger partial charge in [0.25, 0.3) is 5.91 Å². The molecule has 0 aliphatic carbocycles. The molecule has 0 aromatic heterocycles. The number of hydrogen-bond donors (Lipinski definition) is 1. The number of nitrogens with one attached hydrogen (secondary N) is 1. The highest BCUT2D eigenvalue weighted by Gasteiger charge is 2.21. The highest BCUT2D eigenvalue weighted by Crippen LogP contribution is 2.33. The lowest BCUT2D eigenvalue weighted by molar-refractivity contribution is 0.0927. The second-order valence-corrected chi connectivity index (χ2v) is 5.73. The van der Waals surface area contributed by atoms with Crippen LogP contribution in [0.15, 0.2) is 48.5 Å². The Morgan fingerprint density at radius 3 is 2.70 bits per heavy atom. The van der Waals surface area contributed by atoms with Gasteiger partial charge in [0, 0.05) is 6.04 Å². The number of para-hydroxylation sites is 1. The van der Waals surface area contributed by atoms with Crippen molar-refractivity contribution < 1.29 is 14.3 Å². The fourth-order valence-corrected chi connectivity index (χ4v) is 2.65. The lowest BCUT2D eigenvalue weighted by atomic mass is 10.1. The predicted molar refractivity (Wildman–Crippen MR) is 89.1 cm³/mol. The molecule has 0 saturated heterocycles. The summed E-state index contributed by atoms with van der Waals surface area (Å²) in [6, 6.07) is 15.8. The molecule has 1 heterocycles. The maximum atomic E-state index is 12.5. The summed E-state index contributed by atoms with van der Waals surface area (Å²) in [7, 11) is 0. The number of rotatable bonds is 5. The van der Waals surface area contributed by atoms with E-state index in [1.807, 2.05) is 37.3 Å². The standard InChI is InChI=1S/C19H21NO3/c1-14(10-11-15-6-3-2-4-7-15)20-19(21)16-8-5-9-17-18(16)23-13-12-22-17/h2-9,14H,10-13H2,1H3,(H,20,21)/t14-/m1/s1. The number of amides is 1. The summed E-state index contributed by atoms with van der Waals surface area (Å²) in [6.07, 6.45) is 1.83. The van der Waals surface area contributed by atoms with Gasteiger partial charge in [0.05, 0.1) is 5.56 Å². The molecule has 1 N–H and O–H groups in total. The molecule has 0 radical (unpaired) electrons. The normalized spacial score (nSPS) is 14.1. The first-order valence-corrected chi connectivity index (χ1v) is 7.97. The van der Waals surface area contributed by atoms with Gasteiger partial charge in [-0.25, -0.2) is 0 Å². The minimum Gasteiger partial charge on any atom is -0.486 e. The maximum absolute atomic E-state index is 12.5. The van der Waals surface area contributed by atoms with Crippen LogP contribution in [-0.2, 0) is 6.42 Å². The van der Waals surface area contributed by atoms with Crippen molar-refractivity contribution in [2.45, 2.75) is 25.8 Å². The number of carbonyl (C=O) groups excluding carboxylic acids is 1. The van der Waals surface area contributed by atoms with Crippen LogP contribution in [0.2, 0.25) is 0 Å². The van der Waals surface area contributed by atoms with Gasteiger partial charge >= 0.3 is 0 Å². The average molecular weight is 311 g/mol. The molecule has 0 spiro atoms. The Bertz CT molecular complexity index is 670. The molecule has 2 aromatic rings. The van der Waals surface area contributed by atoms with Crippen molar-refractivity contribution in [2.75, 3.05) is 13.2 Å². The van der Waals surface area contributed by atoms with Crippen molar-refractivity contribution in [3.8, 4) is 11.5 Å². The van der Waals surface area contributed by atoms with E-state index in [2.05, 4.69) is 17.4 Å². The first-order chi connectivity index (χ1) is 11.2. The fourth-order valence-electron chi connectivity index (χ4n) is 2.65. The van der Waals surface area contributed by atoms with E-state index >= 15 is 0 Å². The minimum atomic E-state index is -0.118. The molecule has 1 aliphatic rings. The zero-order chi connectivity index (χ0) is 16.1. The number of carbonyl (C=O) groups is 1. The van der Waals surface area contributed by atoms with E-state index in [9.17, 15) is 4.79 Å². The molecular weight excluding hydrogens is 290 g/mol. The SMILES string of the molecule is C[C@H](CCc1ccccc1)NC(=O)c1cccc2c1OCCO2. The van der Waals surface area contributed by atoms with E-state index in [1.165, 1.54) is 5.56 Å². The first-order valence-electron chi connectivity index (χ1n) is 7.97. The van der Waals surface area contributed by atoms with E-state index in [-0.39, 0.29) is 11.9 Å². The number of benzene rings is 2. The third-order valence-corrected chi connectivity index (χ3v) is 3.90. The first kappa shape index (κ1) is 15.4. The van der Waals surface area contributed by atoms with Crippen molar-refractivity contribution >= 4 is 5.91 Å². The second-order valence-electron chi connectivity index (χ2n) is 5.73. The molecule has 4 heteroatoms. The molecule has 1 atom stereocenters. The number of ether oxygens (including phenoxy) is 2. The third kappa shape index (κ3) is 3.83. The van der Waals surface area contributed by atoms with Crippen LogP contribution >= 0.6 is 0 Å². The van der Waals surface area contributed by atoms with Crippen LogP contribution in [0.3, 0.4) is 0 Å². The Balaban J connectivity index is 1.60. The summed E-state index contributed by atoms with van der Waals surface area (Å²) in [4.78, 5) is 12.5. The van der Waals surface area contributed by atoms with Crippen LogP contribution in [0.1, 0.15) is 29.3 Å². The molecule has 0 unspecified atom stereocenters. The molecule has 2 aromatic carbocycles. The summed E-state index contributed by atoms with van der Waals surface area (Å²) < 4.78 is 11.1. The predicted octanol–water partition coefficient (Wildman–Crippen LogP) is 3.21. The van der Waals surface area contributed by atoms with E-state index in [1.54, 1.807) is 6.07 Å². The monoisotopic (exact) mass is 311 g/mol. The van der Waals surface area contributed by atoms with E-state index in [0.29, 0.717) is 30.3 Å². The third-order valence-electron chi connectivity index (χ3n) is 3.90. The lowest BCUT2D eigenvalue weighted by Crippen LogP contribution is -2.33. The van der Waals surface area contributed by atoms with Crippen molar-refractivity contribution in [3.63, 3.8) is 0 Å². The van der Waals surface area contributed by atoms with Gasteiger partial charge in [-0.2, -0.15) is 0 Å². The molecule has 120 valence electrons. The van der Waals surface area contributed by atoms with Gasteiger partial charge < -0.3 is 14.8 Å². The van der Waals surface area contributed by atoms with Crippen molar-refractivity contribution in [1.82, 2.24) is 5.32 Å². The van der Waals surface area contributed by atoms with E-state index < -0.39 is 0 Å². The molecule has 0 fully saturated rings. The molecule has 1 amide bonds. The van der Waals surface area contributed by atoms with Crippen molar-refractivity contribution in [3.05, 3.63) is 59.7 Å². The zero-order valence-corrected chi connectivity index (χ0v) is 13.2. The smallest absolute Gasteiger partial charge is 0.255 e. The van der Waals surface area contributed by atoms with E-state index in [0.717, 1.165) is 12.8 Å². The van der Waals surface area contributed by atoms with Crippen LogP contribution in [0.4, 0.5) is 0 Å². The summed E-state index contributed by atoms with van der Waals surface area (Å²) >= 11 is 0. The van der Waals surface area contributed by atoms with Crippen LogP contribution in [0, 0.1) is 0 Å². The zero-order valence-electron chi connectivity index (χ0n) is 13.2. The highest BCUT2D eigenvalue weighted by molar-refractivity contribution is 5.98. The minimum absolute atomic E-state index is 0.0862. The molecule has 23 heavy (non-hydrogen) atoms. The number of aryl methyl sites for hydroxylation is 1. The van der Waals surface area contributed by atoms with Gasteiger partial charge in [0.1, 0.15) is 13.2 Å². The molecule has 0 bridgehead atoms. The van der Waals surface area contributed by atoms with Crippen molar-refractivity contribution in [1.29, 1.82) is 0 Å².